The van der Waals surface area contributed by atoms with Crippen LogP contribution in [-0.2, 0) is 6.54 Å². The van der Waals surface area contributed by atoms with Gasteiger partial charge in [0.25, 0.3) is 5.69 Å². The second-order valence-corrected chi connectivity index (χ2v) is 5.10. The average molecular weight is 257 g/mol. The monoisotopic (exact) mass is 257 g/mol. The number of quaternary nitrogens is 1. The number of benzene rings is 2. The molecular weight excluding hydrogens is 240 g/mol. The molecule has 2 rings (SSSR count). The summed E-state index contributed by atoms with van der Waals surface area (Å²) < 4.78 is 0.707. The molecule has 19 heavy (non-hydrogen) atoms. The molecule has 0 amide bonds. The fourth-order valence-corrected chi connectivity index (χ4v) is 2.10. The molecule has 0 saturated carbocycles. The standard InChI is InChI=1S/C15H17N2O2/c1-17(2,15-6-4-3-5-7-15)12-13-8-10-14(11-9-13)16(18)19/h3-11H,12H2,1-2H3/q+1. The van der Waals surface area contributed by atoms with Crippen molar-refractivity contribution in [1.29, 1.82) is 0 Å². The molecule has 0 fully saturated rings. The van der Waals surface area contributed by atoms with Gasteiger partial charge in [-0.3, -0.25) is 14.6 Å². The first-order valence-corrected chi connectivity index (χ1v) is 6.11. The SMILES string of the molecule is C[N+](C)(Cc1ccc([N+](=O)[O-])cc1)c1ccccc1. The normalized spacial score (nSPS) is 11.3. The van der Waals surface area contributed by atoms with E-state index >= 15 is 0 Å². The summed E-state index contributed by atoms with van der Waals surface area (Å²) >= 11 is 0. The molecule has 0 aliphatic heterocycles. The summed E-state index contributed by atoms with van der Waals surface area (Å²) in [6.45, 7) is 0.794. The van der Waals surface area contributed by atoms with Gasteiger partial charge in [-0.05, 0) is 24.3 Å². The minimum atomic E-state index is -0.374. The van der Waals surface area contributed by atoms with E-state index in [1.54, 1.807) is 12.1 Å². The predicted octanol–water partition coefficient (Wildman–Crippen LogP) is 3.36. The highest BCUT2D eigenvalue weighted by molar-refractivity contribution is 5.42. The maximum absolute atomic E-state index is 10.6. The first-order chi connectivity index (χ1) is 8.99. The third-order valence-corrected chi connectivity index (χ3v) is 3.18. The Hall–Kier alpha value is -2.20. The molecule has 0 aliphatic rings. The predicted molar refractivity (Wildman–Crippen MR) is 76.9 cm³/mol. The van der Waals surface area contributed by atoms with E-state index in [1.807, 2.05) is 30.3 Å². The van der Waals surface area contributed by atoms with Crippen LogP contribution in [0.25, 0.3) is 0 Å². The van der Waals surface area contributed by atoms with Crippen LogP contribution in [0, 0.1) is 10.1 Å². The Labute approximate surface area is 112 Å². The highest BCUT2D eigenvalue weighted by Gasteiger charge is 2.19. The zero-order valence-corrected chi connectivity index (χ0v) is 11.1. The van der Waals surface area contributed by atoms with Crippen LogP contribution < -0.4 is 4.48 Å². The van der Waals surface area contributed by atoms with Gasteiger partial charge in [-0.1, -0.05) is 18.2 Å². The van der Waals surface area contributed by atoms with Crippen LogP contribution in [0.4, 0.5) is 11.4 Å². The highest BCUT2D eigenvalue weighted by Crippen LogP contribution is 2.22. The molecule has 0 heterocycles. The van der Waals surface area contributed by atoms with Crippen LogP contribution >= 0.6 is 0 Å². The Morgan fingerprint density at radius 1 is 1.00 bits per heavy atom. The number of nitro groups is 1. The number of hydrogen-bond donors (Lipinski definition) is 0. The first kappa shape index (κ1) is 13.2. The van der Waals surface area contributed by atoms with Crippen LogP contribution in [0.5, 0.6) is 0 Å². The quantitative estimate of drug-likeness (QED) is 0.479. The van der Waals surface area contributed by atoms with Gasteiger partial charge in [0.1, 0.15) is 12.2 Å². The zero-order valence-electron chi connectivity index (χ0n) is 11.1. The molecule has 2 aromatic carbocycles. The van der Waals surface area contributed by atoms with E-state index in [1.165, 1.54) is 5.69 Å². The summed E-state index contributed by atoms with van der Waals surface area (Å²) in [5, 5.41) is 10.6. The molecule has 0 saturated heterocycles. The second-order valence-electron chi connectivity index (χ2n) is 5.10. The van der Waals surface area contributed by atoms with Gasteiger partial charge in [-0.2, -0.15) is 0 Å². The van der Waals surface area contributed by atoms with Crippen molar-refractivity contribution in [2.24, 2.45) is 0 Å². The molecule has 4 heteroatoms. The van der Waals surface area contributed by atoms with E-state index in [-0.39, 0.29) is 10.6 Å². The van der Waals surface area contributed by atoms with E-state index in [9.17, 15) is 10.1 Å². The molecule has 0 aromatic heterocycles. The van der Waals surface area contributed by atoms with Gasteiger partial charge in [-0.25, -0.2) is 0 Å². The maximum Gasteiger partial charge on any atom is 0.269 e. The minimum absolute atomic E-state index is 0.133. The maximum atomic E-state index is 10.6. The fraction of sp³-hybridized carbons (Fsp3) is 0.200. The molecule has 0 N–H and O–H groups in total. The number of hydrogen-bond acceptors (Lipinski definition) is 2. The Morgan fingerprint density at radius 3 is 2.11 bits per heavy atom. The number of nitro benzene ring substituents is 1. The van der Waals surface area contributed by atoms with Gasteiger partial charge < -0.3 is 0 Å². The van der Waals surface area contributed by atoms with Gasteiger partial charge in [-0.15, -0.1) is 0 Å². The molecule has 0 unspecified atom stereocenters. The van der Waals surface area contributed by atoms with E-state index in [0.29, 0.717) is 4.48 Å². The smallest absolute Gasteiger partial charge is 0.269 e. The first-order valence-electron chi connectivity index (χ1n) is 6.11. The van der Waals surface area contributed by atoms with Crippen molar-refractivity contribution >= 4 is 11.4 Å². The Morgan fingerprint density at radius 2 is 1.58 bits per heavy atom. The molecular formula is C15H17N2O2+. The lowest BCUT2D eigenvalue weighted by atomic mass is 10.1. The van der Waals surface area contributed by atoms with Crippen molar-refractivity contribution in [3.05, 3.63) is 70.3 Å². The van der Waals surface area contributed by atoms with E-state index in [0.717, 1.165) is 12.1 Å². The number of nitrogens with zero attached hydrogens (tertiary/aromatic N) is 2. The Bertz CT molecular complexity index is 562. The molecule has 98 valence electrons. The van der Waals surface area contributed by atoms with Crippen molar-refractivity contribution in [2.45, 2.75) is 6.54 Å². The van der Waals surface area contributed by atoms with Crippen molar-refractivity contribution in [1.82, 2.24) is 4.48 Å². The summed E-state index contributed by atoms with van der Waals surface area (Å²) in [6.07, 6.45) is 0. The molecule has 0 radical (unpaired) electrons. The van der Waals surface area contributed by atoms with E-state index in [2.05, 4.69) is 26.2 Å². The lowest BCUT2D eigenvalue weighted by Crippen LogP contribution is -2.39. The minimum Gasteiger partial charge on any atom is -0.292 e. The summed E-state index contributed by atoms with van der Waals surface area (Å²) in [4.78, 5) is 10.2. The summed E-state index contributed by atoms with van der Waals surface area (Å²) in [6, 6.07) is 17.0. The fourth-order valence-electron chi connectivity index (χ4n) is 2.10. The van der Waals surface area contributed by atoms with Crippen molar-refractivity contribution in [2.75, 3.05) is 14.1 Å². The number of non-ortho nitro benzene ring substituents is 1. The molecule has 0 aliphatic carbocycles. The van der Waals surface area contributed by atoms with Crippen molar-refractivity contribution in [3.8, 4) is 0 Å². The van der Waals surface area contributed by atoms with Gasteiger partial charge in [0, 0.05) is 17.7 Å². The second kappa shape index (κ2) is 5.20. The third kappa shape index (κ3) is 3.17. The van der Waals surface area contributed by atoms with Crippen LogP contribution in [-0.4, -0.2) is 19.0 Å². The molecule has 0 atom stereocenters. The van der Waals surface area contributed by atoms with Gasteiger partial charge in [0.15, 0.2) is 0 Å². The summed E-state index contributed by atoms with van der Waals surface area (Å²) in [5.74, 6) is 0. The molecule has 4 nitrogen and oxygen atoms in total. The highest BCUT2D eigenvalue weighted by atomic mass is 16.6. The van der Waals surface area contributed by atoms with Crippen molar-refractivity contribution in [3.63, 3.8) is 0 Å². The topological polar surface area (TPSA) is 43.1 Å². The molecule has 2 aromatic rings. The van der Waals surface area contributed by atoms with Gasteiger partial charge >= 0.3 is 0 Å². The average Bonchev–Trinajstić information content (AvgIpc) is 2.40. The number of para-hydroxylation sites is 1. The van der Waals surface area contributed by atoms with E-state index in [4.69, 9.17) is 0 Å². The van der Waals surface area contributed by atoms with Crippen LogP contribution in [0.15, 0.2) is 54.6 Å². The van der Waals surface area contributed by atoms with Crippen LogP contribution in [0.3, 0.4) is 0 Å². The van der Waals surface area contributed by atoms with Crippen LogP contribution in [0.1, 0.15) is 5.56 Å². The molecule has 0 spiro atoms. The summed E-state index contributed by atoms with van der Waals surface area (Å²) in [7, 11) is 4.24. The Kier molecular flexibility index (Phi) is 3.62. The zero-order chi connectivity index (χ0) is 13.9. The van der Waals surface area contributed by atoms with Gasteiger partial charge in [0.2, 0.25) is 0 Å². The largest absolute Gasteiger partial charge is 0.292 e. The Balaban J connectivity index is 2.18. The summed E-state index contributed by atoms with van der Waals surface area (Å²) in [5.41, 5.74) is 2.43. The lowest BCUT2D eigenvalue weighted by Gasteiger charge is -2.29. The molecule has 0 bridgehead atoms. The van der Waals surface area contributed by atoms with Gasteiger partial charge in [0.05, 0.1) is 19.0 Å². The van der Waals surface area contributed by atoms with E-state index < -0.39 is 0 Å². The third-order valence-electron chi connectivity index (χ3n) is 3.18. The van der Waals surface area contributed by atoms with Crippen LogP contribution in [0.2, 0.25) is 0 Å². The number of rotatable bonds is 4. The lowest BCUT2D eigenvalue weighted by molar-refractivity contribution is -0.384. The van der Waals surface area contributed by atoms with Crippen molar-refractivity contribution < 1.29 is 4.92 Å².